The number of aromatic hydroxyl groups is 4. The van der Waals surface area contributed by atoms with E-state index in [2.05, 4.69) is 21.1 Å². The van der Waals surface area contributed by atoms with Gasteiger partial charge in [-0.25, -0.2) is 10.9 Å². The van der Waals surface area contributed by atoms with Crippen LogP contribution in [0, 0.1) is 0 Å². The largest absolute Gasteiger partial charge is 0.508 e. The lowest BCUT2D eigenvalue weighted by Gasteiger charge is -2.03. The molecule has 6 N–H and O–H groups in total. The SMILES string of the molecule is O=C(CCCCCCC(=O)NN=Cc1ccc(O)cc1O)NN=Cc1ccc(O)cc1O. The van der Waals surface area contributed by atoms with Gasteiger partial charge < -0.3 is 20.4 Å². The highest BCUT2D eigenvalue weighted by atomic mass is 16.3. The Morgan fingerprint density at radius 3 is 1.47 bits per heavy atom. The van der Waals surface area contributed by atoms with Crippen molar-refractivity contribution in [3.05, 3.63) is 47.5 Å². The molecule has 2 amide bonds. The monoisotopic (exact) mass is 442 g/mol. The van der Waals surface area contributed by atoms with Crippen molar-refractivity contribution >= 4 is 24.2 Å². The number of carbonyl (C=O) groups excluding carboxylic acids is 2. The predicted molar refractivity (Wildman–Crippen MR) is 119 cm³/mol. The molecule has 2 aromatic carbocycles. The molecule has 2 rings (SSSR count). The van der Waals surface area contributed by atoms with Crippen molar-refractivity contribution in [1.82, 2.24) is 10.9 Å². The number of rotatable bonds is 11. The Bertz CT molecular complexity index is 911. The maximum Gasteiger partial charge on any atom is 0.240 e. The fourth-order valence-electron chi connectivity index (χ4n) is 2.67. The zero-order chi connectivity index (χ0) is 23.3. The maximum atomic E-state index is 11.8. The summed E-state index contributed by atoms with van der Waals surface area (Å²) in [7, 11) is 0. The van der Waals surface area contributed by atoms with E-state index in [1.807, 2.05) is 0 Å². The van der Waals surface area contributed by atoms with Gasteiger partial charge in [0.1, 0.15) is 23.0 Å². The highest BCUT2D eigenvalue weighted by Gasteiger charge is 2.04. The van der Waals surface area contributed by atoms with Crippen molar-refractivity contribution in [2.75, 3.05) is 0 Å². The van der Waals surface area contributed by atoms with Crippen LogP contribution in [0.25, 0.3) is 0 Å². The van der Waals surface area contributed by atoms with Crippen LogP contribution in [0.4, 0.5) is 0 Å². The van der Waals surface area contributed by atoms with Crippen LogP contribution < -0.4 is 10.9 Å². The molecular formula is C22H26N4O6. The second-order valence-corrected chi connectivity index (χ2v) is 6.99. The highest BCUT2D eigenvalue weighted by molar-refractivity contribution is 5.86. The summed E-state index contributed by atoms with van der Waals surface area (Å²) in [5.74, 6) is -0.938. The average Bonchev–Trinajstić information content (AvgIpc) is 2.73. The molecule has 0 radical (unpaired) electrons. The topological polar surface area (TPSA) is 164 Å². The van der Waals surface area contributed by atoms with Crippen LogP contribution in [-0.2, 0) is 9.59 Å². The van der Waals surface area contributed by atoms with Crippen molar-refractivity contribution < 1.29 is 30.0 Å². The third kappa shape index (κ3) is 8.74. The summed E-state index contributed by atoms with van der Waals surface area (Å²) >= 11 is 0. The van der Waals surface area contributed by atoms with E-state index < -0.39 is 0 Å². The molecule has 0 fully saturated rings. The third-order valence-electron chi connectivity index (χ3n) is 4.37. The van der Waals surface area contributed by atoms with Gasteiger partial charge in [-0.2, -0.15) is 10.2 Å². The average molecular weight is 442 g/mol. The van der Waals surface area contributed by atoms with Crippen molar-refractivity contribution in [2.45, 2.75) is 38.5 Å². The van der Waals surface area contributed by atoms with Gasteiger partial charge in [0.2, 0.25) is 11.8 Å². The molecule has 0 bridgehead atoms. The van der Waals surface area contributed by atoms with E-state index in [9.17, 15) is 30.0 Å². The van der Waals surface area contributed by atoms with Gasteiger partial charge in [-0.3, -0.25) is 9.59 Å². The highest BCUT2D eigenvalue weighted by Crippen LogP contribution is 2.21. The molecule has 0 unspecified atom stereocenters. The zero-order valence-corrected chi connectivity index (χ0v) is 17.4. The molecule has 32 heavy (non-hydrogen) atoms. The van der Waals surface area contributed by atoms with Gasteiger partial charge in [0, 0.05) is 36.1 Å². The van der Waals surface area contributed by atoms with Gasteiger partial charge in [0.05, 0.1) is 12.4 Å². The van der Waals surface area contributed by atoms with E-state index in [1.165, 1.54) is 48.8 Å². The first-order valence-electron chi connectivity index (χ1n) is 10.0. The van der Waals surface area contributed by atoms with E-state index >= 15 is 0 Å². The smallest absolute Gasteiger partial charge is 0.240 e. The molecular weight excluding hydrogens is 416 g/mol. The molecule has 0 saturated carbocycles. The van der Waals surface area contributed by atoms with Crippen LogP contribution in [0.2, 0.25) is 0 Å². The number of benzene rings is 2. The fourth-order valence-corrected chi connectivity index (χ4v) is 2.67. The van der Waals surface area contributed by atoms with Crippen LogP contribution in [0.15, 0.2) is 46.6 Å². The molecule has 0 heterocycles. The second-order valence-electron chi connectivity index (χ2n) is 6.99. The maximum absolute atomic E-state index is 11.8. The molecule has 10 nitrogen and oxygen atoms in total. The minimum atomic E-state index is -0.260. The number of unbranched alkanes of at least 4 members (excludes halogenated alkanes) is 3. The van der Waals surface area contributed by atoms with Gasteiger partial charge >= 0.3 is 0 Å². The standard InChI is InChI=1S/C22H26N4O6/c27-17-9-7-15(19(29)11-17)13-23-25-21(31)5-3-1-2-4-6-22(32)26-24-14-16-8-10-18(28)12-20(16)30/h7-14,27-30H,1-6H2,(H,25,31)(H,26,32). The van der Waals surface area contributed by atoms with Crippen LogP contribution in [0.3, 0.4) is 0 Å². The Morgan fingerprint density at radius 2 is 1.09 bits per heavy atom. The van der Waals surface area contributed by atoms with Crippen molar-refractivity contribution in [2.24, 2.45) is 10.2 Å². The summed E-state index contributed by atoms with van der Waals surface area (Å²) in [5.41, 5.74) is 5.47. The summed E-state index contributed by atoms with van der Waals surface area (Å²) in [4.78, 5) is 23.5. The second kappa shape index (κ2) is 12.6. The van der Waals surface area contributed by atoms with Gasteiger partial charge in [0.25, 0.3) is 0 Å². The number of hydrogen-bond acceptors (Lipinski definition) is 8. The number of hydrazone groups is 2. The Kier molecular flexibility index (Phi) is 9.51. The molecule has 2 aromatic rings. The van der Waals surface area contributed by atoms with Crippen LogP contribution in [0.5, 0.6) is 23.0 Å². The molecule has 0 atom stereocenters. The number of nitrogens with zero attached hydrogens (tertiary/aromatic N) is 2. The lowest BCUT2D eigenvalue weighted by atomic mass is 10.1. The summed E-state index contributed by atoms with van der Waals surface area (Å²) < 4.78 is 0. The lowest BCUT2D eigenvalue weighted by Crippen LogP contribution is -2.17. The molecule has 0 saturated heterocycles. The Morgan fingerprint density at radius 1 is 0.688 bits per heavy atom. The number of amides is 2. The number of nitrogens with one attached hydrogen (secondary N) is 2. The molecule has 0 aliphatic rings. The lowest BCUT2D eigenvalue weighted by molar-refractivity contribution is -0.122. The van der Waals surface area contributed by atoms with Crippen LogP contribution >= 0.6 is 0 Å². The van der Waals surface area contributed by atoms with Gasteiger partial charge in [-0.1, -0.05) is 12.8 Å². The molecule has 0 aliphatic carbocycles. The van der Waals surface area contributed by atoms with Crippen LogP contribution in [-0.4, -0.2) is 44.7 Å². The van der Waals surface area contributed by atoms with Gasteiger partial charge in [0.15, 0.2) is 0 Å². The van der Waals surface area contributed by atoms with E-state index in [0.717, 1.165) is 12.8 Å². The van der Waals surface area contributed by atoms with E-state index in [-0.39, 0.29) is 47.7 Å². The fraction of sp³-hybridized carbons (Fsp3) is 0.273. The molecule has 0 aromatic heterocycles. The number of phenols is 4. The first-order chi connectivity index (χ1) is 15.3. The third-order valence-corrected chi connectivity index (χ3v) is 4.37. The Balaban J connectivity index is 1.54. The number of hydrogen-bond donors (Lipinski definition) is 6. The minimum Gasteiger partial charge on any atom is -0.508 e. The van der Waals surface area contributed by atoms with Crippen molar-refractivity contribution in [3.8, 4) is 23.0 Å². The molecule has 0 aliphatic heterocycles. The normalized spacial score (nSPS) is 11.1. The Labute approximate surface area is 184 Å². The van der Waals surface area contributed by atoms with E-state index in [0.29, 0.717) is 24.0 Å². The summed E-state index contributed by atoms with van der Waals surface area (Å²) in [6, 6.07) is 8.09. The van der Waals surface area contributed by atoms with Crippen molar-refractivity contribution in [3.63, 3.8) is 0 Å². The summed E-state index contributed by atoms with van der Waals surface area (Å²) in [6.07, 6.45) is 5.98. The Hall–Kier alpha value is -4.08. The first kappa shape index (κ1) is 24.2. The van der Waals surface area contributed by atoms with Crippen molar-refractivity contribution in [1.29, 1.82) is 0 Å². The van der Waals surface area contributed by atoms with Gasteiger partial charge in [-0.15, -0.1) is 0 Å². The quantitative estimate of drug-likeness (QED) is 0.178. The van der Waals surface area contributed by atoms with Gasteiger partial charge in [-0.05, 0) is 37.1 Å². The predicted octanol–water partition coefficient (Wildman–Crippen LogP) is 2.45. The first-order valence-corrected chi connectivity index (χ1v) is 10.0. The molecule has 170 valence electrons. The molecule has 0 spiro atoms. The zero-order valence-electron chi connectivity index (χ0n) is 17.4. The van der Waals surface area contributed by atoms with E-state index in [1.54, 1.807) is 0 Å². The van der Waals surface area contributed by atoms with Crippen LogP contribution in [0.1, 0.15) is 49.7 Å². The number of phenolic OH excluding ortho intramolecular Hbond substituents is 4. The summed E-state index contributed by atoms with van der Waals surface area (Å²) in [5, 5.41) is 45.2. The number of carbonyl (C=O) groups is 2. The summed E-state index contributed by atoms with van der Waals surface area (Å²) in [6.45, 7) is 0. The van der Waals surface area contributed by atoms with E-state index in [4.69, 9.17) is 0 Å². The minimum absolute atomic E-state index is 0.0664. The molecule has 10 heteroatoms.